The van der Waals surface area contributed by atoms with Crippen molar-refractivity contribution in [3.05, 3.63) is 0 Å². The zero-order valence-electron chi connectivity index (χ0n) is 8.16. The van der Waals surface area contributed by atoms with Crippen LogP contribution in [0.4, 0.5) is 0 Å². The highest BCUT2D eigenvalue weighted by atomic mass is 16.5. The summed E-state index contributed by atoms with van der Waals surface area (Å²) in [6.07, 6.45) is 5.09. The summed E-state index contributed by atoms with van der Waals surface area (Å²) in [5, 5.41) is 0. The maximum atomic E-state index is 11.3. The van der Waals surface area contributed by atoms with Crippen LogP contribution in [-0.2, 0) is 9.53 Å². The van der Waals surface area contributed by atoms with Crippen LogP contribution < -0.4 is 0 Å². The van der Waals surface area contributed by atoms with Gasteiger partial charge in [0.25, 0.3) is 0 Å². The van der Waals surface area contributed by atoms with E-state index in [0.717, 1.165) is 26.0 Å². The second-order valence-electron chi connectivity index (χ2n) is 3.97. The second-order valence-corrected chi connectivity index (χ2v) is 3.97. The van der Waals surface area contributed by atoms with Gasteiger partial charge < -0.3 is 9.64 Å². The summed E-state index contributed by atoms with van der Waals surface area (Å²) in [6, 6.07) is 0.375. The van der Waals surface area contributed by atoms with Gasteiger partial charge in [0.05, 0.1) is 18.8 Å². The van der Waals surface area contributed by atoms with Crippen LogP contribution in [0.3, 0.4) is 0 Å². The molecule has 1 saturated carbocycles. The van der Waals surface area contributed by atoms with Crippen molar-refractivity contribution < 1.29 is 9.53 Å². The zero-order chi connectivity index (χ0) is 9.26. The van der Waals surface area contributed by atoms with Crippen LogP contribution in [0.25, 0.3) is 0 Å². The number of hydrogen-bond donors (Lipinski definition) is 0. The van der Waals surface area contributed by atoms with Gasteiger partial charge in [0.1, 0.15) is 0 Å². The molecule has 3 heteroatoms. The molecule has 0 aromatic rings. The number of amides is 1. The van der Waals surface area contributed by atoms with E-state index in [-0.39, 0.29) is 5.91 Å². The molecule has 0 aromatic heterocycles. The Balaban J connectivity index is 2.06. The van der Waals surface area contributed by atoms with Crippen molar-refractivity contribution in [3.8, 4) is 0 Å². The quantitative estimate of drug-likeness (QED) is 0.564. The third kappa shape index (κ3) is 1.70. The third-order valence-corrected chi connectivity index (χ3v) is 3.14. The van der Waals surface area contributed by atoms with Gasteiger partial charge in [-0.3, -0.25) is 4.79 Å². The Morgan fingerprint density at radius 1 is 1.38 bits per heavy atom. The Bertz CT molecular complexity index is 203. The summed E-state index contributed by atoms with van der Waals surface area (Å²) >= 11 is 0. The highest BCUT2D eigenvalue weighted by molar-refractivity contribution is 5.73. The van der Waals surface area contributed by atoms with E-state index in [1.165, 1.54) is 12.8 Å². The third-order valence-electron chi connectivity index (χ3n) is 3.14. The number of carbonyl (C=O) groups excluding carboxylic acids is 1. The minimum absolute atomic E-state index is 0.209. The Hall–Kier alpha value is -0.570. The first kappa shape index (κ1) is 9.00. The van der Waals surface area contributed by atoms with Gasteiger partial charge in [0, 0.05) is 13.5 Å². The highest BCUT2D eigenvalue weighted by Crippen LogP contribution is 2.28. The van der Waals surface area contributed by atoms with Crippen LogP contribution in [0, 0.1) is 0 Å². The molecule has 0 radical (unpaired) electrons. The first-order valence-electron chi connectivity index (χ1n) is 5.18. The van der Waals surface area contributed by atoms with Gasteiger partial charge in [-0.05, 0) is 12.8 Å². The van der Waals surface area contributed by atoms with Crippen molar-refractivity contribution in [2.45, 2.75) is 44.8 Å². The van der Waals surface area contributed by atoms with Gasteiger partial charge in [-0.15, -0.1) is 0 Å². The van der Waals surface area contributed by atoms with E-state index in [2.05, 4.69) is 0 Å². The number of rotatable bonds is 0. The lowest BCUT2D eigenvalue weighted by Crippen LogP contribution is -2.54. The van der Waals surface area contributed by atoms with E-state index in [9.17, 15) is 4.79 Å². The molecule has 2 atom stereocenters. The van der Waals surface area contributed by atoms with E-state index in [1.54, 1.807) is 6.92 Å². The fourth-order valence-corrected chi connectivity index (χ4v) is 2.49. The van der Waals surface area contributed by atoms with Crippen molar-refractivity contribution in [2.24, 2.45) is 0 Å². The number of hydrogen-bond acceptors (Lipinski definition) is 2. The Kier molecular flexibility index (Phi) is 2.54. The smallest absolute Gasteiger partial charge is 0.219 e. The van der Waals surface area contributed by atoms with Crippen LogP contribution in [0.2, 0.25) is 0 Å². The molecular formula is C10H17NO2. The fourth-order valence-electron chi connectivity index (χ4n) is 2.49. The monoisotopic (exact) mass is 183 g/mol. The average molecular weight is 183 g/mol. The normalized spacial score (nSPS) is 34.1. The molecule has 2 aliphatic rings. The van der Waals surface area contributed by atoms with Crippen molar-refractivity contribution in [1.82, 2.24) is 4.90 Å². The Labute approximate surface area is 79.0 Å². The molecule has 1 saturated heterocycles. The van der Waals surface area contributed by atoms with Crippen LogP contribution in [0.1, 0.15) is 32.6 Å². The number of fused-ring (bicyclic) bond motifs is 1. The second kappa shape index (κ2) is 3.66. The van der Waals surface area contributed by atoms with Gasteiger partial charge in [0.2, 0.25) is 5.91 Å². The van der Waals surface area contributed by atoms with Crippen LogP contribution in [0.5, 0.6) is 0 Å². The summed E-state index contributed by atoms with van der Waals surface area (Å²) in [4.78, 5) is 13.3. The van der Waals surface area contributed by atoms with Crippen LogP contribution in [-0.4, -0.2) is 36.1 Å². The molecule has 2 rings (SSSR count). The van der Waals surface area contributed by atoms with Gasteiger partial charge in [0.15, 0.2) is 0 Å². The molecule has 2 fully saturated rings. The lowest BCUT2D eigenvalue weighted by atomic mass is 9.90. The van der Waals surface area contributed by atoms with Gasteiger partial charge >= 0.3 is 0 Å². The summed E-state index contributed by atoms with van der Waals surface area (Å²) < 4.78 is 5.67. The van der Waals surface area contributed by atoms with Crippen molar-refractivity contribution >= 4 is 5.91 Å². The van der Waals surface area contributed by atoms with Crippen molar-refractivity contribution in [1.29, 1.82) is 0 Å². The SMILES string of the molecule is CC(=O)N1CCOC2CCCCC21. The summed E-state index contributed by atoms with van der Waals surface area (Å²) in [7, 11) is 0. The lowest BCUT2D eigenvalue weighted by Gasteiger charge is -2.43. The molecule has 1 aliphatic heterocycles. The highest BCUT2D eigenvalue weighted by Gasteiger charge is 2.35. The van der Waals surface area contributed by atoms with Gasteiger partial charge in [-0.2, -0.15) is 0 Å². The minimum atomic E-state index is 0.209. The predicted molar refractivity (Wildman–Crippen MR) is 49.4 cm³/mol. The maximum absolute atomic E-state index is 11.3. The molecule has 0 N–H and O–H groups in total. The van der Waals surface area contributed by atoms with E-state index >= 15 is 0 Å². The predicted octanol–water partition coefficient (Wildman–Crippen LogP) is 1.18. The van der Waals surface area contributed by atoms with Gasteiger partial charge in [-0.25, -0.2) is 0 Å². The van der Waals surface area contributed by atoms with Gasteiger partial charge in [-0.1, -0.05) is 12.8 Å². The van der Waals surface area contributed by atoms with E-state index in [1.807, 2.05) is 4.90 Å². The first-order chi connectivity index (χ1) is 6.29. The van der Waals surface area contributed by atoms with Crippen molar-refractivity contribution in [3.63, 3.8) is 0 Å². The van der Waals surface area contributed by atoms with E-state index in [4.69, 9.17) is 4.74 Å². The Morgan fingerprint density at radius 2 is 2.15 bits per heavy atom. The number of ether oxygens (including phenoxy) is 1. The molecule has 3 nitrogen and oxygen atoms in total. The molecule has 1 amide bonds. The summed E-state index contributed by atoms with van der Waals surface area (Å²) in [5.74, 6) is 0.209. The summed E-state index contributed by atoms with van der Waals surface area (Å²) in [6.45, 7) is 3.17. The minimum Gasteiger partial charge on any atom is -0.374 e. The molecule has 13 heavy (non-hydrogen) atoms. The van der Waals surface area contributed by atoms with Crippen LogP contribution >= 0.6 is 0 Å². The summed E-state index contributed by atoms with van der Waals surface area (Å²) in [5.41, 5.74) is 0. The largest absolute Gasteiger partial charge is 0.374 e. The van der Waals surface area contributed by atoms with Crippen LogP contribution in [0.15, 0.2) is 0 Å². The number of morpholine rings is 1. The van der Waals surface area contributed by atoms with E-state index in [0.29, 0.717) is 12.1 Å². The molecule has 0 spiro atoms. The topological polar surface area (TPSA) is 29.5 Å². The molecular weight excluding hydrogens is 166 g/mol. The molecule has 0 bridgehead atoms. The molecule has 1 heterocycles. The first-order valence-corrected chi connectivity index (χ1v) is 5.18. The van der Waals surface area contributed by atoms with Crippen molar-refractivity contribution in [2.75, 3.05) is 13.2 Å². The lowest BCUT2D eigenvalue weighted by molar-refractivity contribution is -0.147. The number of nitrogens with zero attached hydrogens (tertiary/aromatic N) is 1. The molecule has 2 unspecified atom stereocenters. The zero-order valence-corrected chi connectivity index (χ0v) is 8.16. The standard InChI is InChI=1S/C10H17NO2/c1-8(12)11-6-7-13-10-5-3-2-4-9(10)11/h9-10H,2-7H2,1H3. The molecule has 0 aromatic carbocycles. The fraction of sp³-hybridized carbons (Fsp3) is 0.900. The molecule has 74 valence electrons. The average Bonchev–Trinajstić information content (AvgIpc) is 2.17. The Morgan fingerprint density at radius 3 is 2.92 bits per heavy atom. The van der Waals surface area contributed by atoms with E-state index < -0.39 is 0 Å². The number of carbonyl (C=O) groups is 1. The molecule has 1 aliphatic carbocycles. The maximum Gasteiger partial charge on any atom is 0.219 e.